The summed E-state index contributed by atoms with van der Waals surface area (Å²) >= 11 is 0. The molecule has 3 rings (SSSR count). The molecule has 0 aromatic carbocycles. The van der Waals surface area contributed by atoms with Crippen LogP contribution in [0.3, 0.4) is 0 Å². The second-order valence-corrected chi connectivity index (χ2v) is 6.54. The molecule has 0 bridgehead atoms. The van der Waals surface area contributed by atoms with Gasteiger partial charge in [-0.25, -0.2) is 4.68 Å². The highest BCUT2D eigenvalue weighted by molar-refractivity contribution is 5.69. The van der Waals surface area contributed by atoms with Crippen molar-refractivity contribution in [3.63, 3.8) is 0 Å². The summed E-state index contributed by atoms with van der Waals surface area (Å²) in [5, 5.41) is 25.2. The van der Waals surface area contributed by atoms with Crippen LogP contribution >= 0.6 is 0 Å². The molecule has 0 saturated heterocycles. The number of likely N-dealkylation sites (N-methyl/N-ethyl adjacent to an activating group) is 1. The van der Waals surface area contributed by atoms with Gasteiger partial charge in [-0.3, -0.25) is 9.69 Å². The maximum absolute atomic E-state index is 10.9. The Morgan fingerprint density at radius 2 is 2.12 bits per heavy atom. The smallest absolute Gasteiger partial charge is 0.317 e. The number of carbonyl (C=O) groups is 1. The van der Waals surface area contributed by atoms with Crippen LogP contribution in [0, 0.1) is 13.8 Å². The Kier molecular flexibility index (Phi) is 4.98. The van der Waals surface area contributed by atoms with Gasteiger partial charge in [0.1, 0.15) is 5.82 Å². The molecule has 1 saturated carbocycles. The minimum absolute atomic E-state index is 0.102. The number of carboxylic acids is 1. The maximum Gasteiger partial charge on any atom is 0.317 e. The molecule has 25 heavy (non-hydrogen) atoms. The van der Waals surface area contributed by atoms with E-state index in [1.165, 1.54) is 0 Å². The van der Waals surface area contributed by atoms with Crippen molar-refractivity contribution in [3.05, 3.63) is 29.6 Å². The Hall–Kier alpha value is -2.48. The van der Waals surface area contributed by atoms with Crippen LogP contribution in [-0.2, 0) is 4.79 Å². The van der Waals surface area contributed by atoms with E-state index < -0.39 is 5.97 Å². The molecule has 2 aromatic rings. The first-order valence-electron chi connectivity index (χ1n) is 8.56. The predicted octanol–water partition coefficient (Wildman–Crippen LogP) is 1.63. The molecule has 1 aliphatic carbocycles. The van der Waals surface area contributed by atoms with Crippen LogP contribution in [0.4, 0.5) is 5.82 Å². The van der Waals surface area contributed by atoms with Crippen molar-refractivity contribution >= 4 is 11.8 Å². The molecule has 2 N–H and O–H groups in total. The topological polar surface area (TPSA) is 96.2 Å². The summed E-state index contributed by atoms with van der Waals surface area (Å²) in [7, 11) is 0. The Balaban J connectivity index is 1.55. The van der Waals surface area contributed by atoms with E-state index in [0.29, 0.717) is 17.9 Å². The molecule has 0 unspecified atom stereocenters. The number of anilines is 1. The van der Waals surface area contributed by atoms with Gasteiger partial charge in [-0.1, -0.05) is 6.92 Å². The molecule has 8 nitrogen and oxygen atoms in total. The van der Waals surface area contributed by atoms with E-state index in [9.17, 15) is 4.79 Å². The average Bonchev–Trinajstić information content (AvgIpc) is 2.87. The van der Waals surface area contributed by atoms with E-state index in [4.69, 9.17) is 5.11 Å². The standard InChI is InChI=1S/C17H24N6O2/c1-4-22(10-17(24)25)14-8-13(9-14)18-15-5-6-16(20-19-15)23-12(3)7-11(2)21-23/h5-7,13-14H,4,8-10H2,1-3H3,(H,18,19)(H,24,25). The minimum atomic E-state index is -0.774. The van der Waals surface area contributed by atoms with E-state index in [1.807, 2.05) is 43.9 Å². The first-order chi connectivity index (χ1) is 12.0. The number of nitrogens with zero attached hydrogens (tertiary/aromatic N) is 5. The van der Waals surface area contributed by atoms with Gasteiger partial charge in [0.2, 0.25) is 0 Å². The summed E-state index contributed by atoms with van der Waals surface area (Å²) in [6.07, 6.45) is 1.84. The molecular formula is C17H24N6O2. The highest BCUT2D eigenvalue weighted by atomic mass is 16.4. The van der Waals surface area contributed by atoms with E-state index in [-0.39, 0.29) is 6.54 Å². The molecular weight excluding hydrogens is 320 g/mol. The van der Waals surface area contributed by atoms with Crippen molar-refractivity contribution in [2.45, 2.75) is 45.7 Å². The summed E-state index contributed by atoms with van der Waals surface area (Å²) in [5.41, 5.74) is 1.97. The third-order valence-corrected chi connectivity index (χ3v) is 4.60. The third kappa shape index (κ3) is 3.96. The van der Waals surface area contributed by atoms with Crippen LogP contribution in [0.1, 0.15) is 31.2 Å². The fraction of sp³-hybridized carbons (Fsp3) is 0.529. The van der Waals surface area contributed by atoms with Gasteiger partial charge in [0, 0.05) is 17.8 Å². The monoisotopic (exact) mass is 344 g/mol. The Bertz CT molecular complexity index is 736. The second kappa shape index (κ2) is 7.18. The molecule has 134 valence electrons. The maximum atomic E-state index is 10.9. The molecule has 1 aliphatic rings. The van der Waals surface area contributed by atoms with Gasteiger partial charge in [-0.2, -0.15) is 5.10 Å². The van der Waals surface area contributed by atoms with Crippen molar-refractivity contribution in [2.24, 2.45) is 0 Å². The molecule has 0 radical (unpaired) electrons. The molecule has 2 heterocycles. The summed E-state index contributed by atoms with van der Waals surface area (Å²) in [6, 6.07) is 6.43. The zero-order chi connectivity index (χ0) is 18.0. The van der Waals surface area contributed by atoms with Crippen molar-refractivity contribution in [2.75, 3.05) is 18.4 Å². The van der Waals surface area contributed by atoms with Gasteiger partial charge in [0.05, 0.1) is 12.2 Å². The minimum Gasteiger partial charge on any atom is -0.480 e. The van der Waals surface area contributed by atoms with Crippen LogP contribution in [0.25, 0.3) is 5.82 Å². The van der Waals surface area contributed by atoms with Crippen LogP contribution in [0.5, 0.6) is 0 Å². The molecule has 8 heteroatoms. The van der Waals surface area contributed by atoms with Gasteiger partial charge >= 0.3 is 5.97 Å². The number of aromatic nitrogens is 4. The number of hydrogen-bond acceptors (Lipinski definition) is 6. The lowest BCUT2D eigenvalue weighted by Gasteiger charge is -2.42. The molecule has 2 aromatic heterocycles. The molecule has 0 spiro atoms. The first-order valence-corrected chi connectivity index (χ1v) is 8.56. The van der Waals surface area contributed by atoms with E-state index in [2.05, 4.69) is 20.6 Å². The van der Waals surface area contributed by atoms with Gasteiger partial charge < -0.3 is 10.4 Å². The predicted molar refractivity (Wildman–Crippen MR) is 93.9 cm³/mol. The number of aliphatic carboxylic acids is 1. The highest BCUT2D eigenvalue weighted by Gasteiger charge is 2.33. The van der Waals surface area contributed by atoms with Crippen molar-refractivity contribution in [1.29, 1.82) is 0 Å². The van der Waals surface area contributed by atoms with E-state index in [1.54, 1.807) is 4.68 Å². The normalized spacial score (nSPS) is 19.7. The summed E-state index contributed by atoms with van der Waals surface area (Å²) in [6.45, 7) is 6.78. The van der Waals surface area contributed by atoms with Crippen molar-refractivity contribution in [1.82, 2.24) is 24.9 Å². The van der Waals surface area contributed by atoms with Crippen molar-refractivity contribution in [3.8, 4) is 5.82 Å². The van der Waals surface area contributed by atoms with Gasteiger partial charge in [0.25, 0.3) is 0 Å². The van der Waals surface area contributed by atoms with Crippen LogP contribution in [0.15, 0.2) is 18.2 Å². The fourth-order valence-corrected chi connectivity index (χ4v) is 3.26. The van der Waals surface area contributed by atoms with Gasteiger partial charge in [0.15, 0.2) is 5.82 Å². The molecule has 0 aliphatic heterocycles. The summed E-state index contributed by atoms with van der Waals surface area (Å²) in [4.78, 5) is 12.9. The van der Waals surface area contributed by atoms with Crippen molar-refractivity contribution < 1.29 is 9.90 Å². The van der Waals surface area contributed by atoms with Crippen LogP contribution < -0.4 is 5.32 Å². The largest absolute Gasteiger partial charge is 0.480 e. The summed E-state index contributed by atoms with van der Waals surface area (Å²) in [5.74, 6) is 0.653. The molecule has 1 fully saturated rings. The SMILES string of the molecule is CCN(CC(=O)O)C1CC(Nc2ccc(-n3nc(C)cc3C)nn2)C1. The summed E-state index contributed by atoms with van der Waals surface area (Å²) < 4.78 is 1.77. The zero-order valence-corrected chi connectivity index (χ0v) is 14.8. The molecule has 0 atom stereocenters. The quantitative estimate of drug-likeness (QED) is 0.788. The van der Waals surface area contributed by atoms with Crippen LogP contribution in [0.2, 0.25) is 0 Å². The Morgan fingerprint density at radius 1 is 1.36 bits per heavy atom. The number of aryl methyl sites for hydroxylation is 2. The van der Waals surface area contributed by atoms with Crippen LogP contribution in [-0.4, -0.2) is 61.1 Å². The van der Waals surface area contributed by atoms with E-state index in [0.717, 1.165) is 36.6 Å². The zero-order valence-electron chi connectivity index (χ0n) is 14.8. The Morgan fingerprint density at radius 3 is 2.64 bits per heavy atom. The van der Waals surface area contributed by atoms with Gasteiger partial charge in [-0.05, 0) is 51.4 Å². The lowest BCUT2D eigenvalue weighted by Crippen LogP contribution is -2.51. The first kappa shape index (κ1) is 17.3. The lowest BCUT2D eigenvalue weighted by atomic mass is 9.85. The van der Waals surface area contributed by atoms with Gasteiger partial charge in [-0.15, -0.1) is 10.2 Å². The molecule has 0 amide bonds. The fourth-order valence-electron chi connectivity index (χ4n) is 3.26. The number of carboxylic acid groups (broad SMARTS) is 1. The number of hydrogen-bond donors (Lipinski definition) is 2. The second-order valence-electron chi connectivity index (χ2n) is 6.54. The highest BCUT2D eigenvalue weighted by Crippen LogP contribution is 2.28. The third-order valence-electron chi connectivity index (χ3n) is 4.60. The Labute approximate surface area is 146 Å². The van der Waals surface area contributed by atoms with E-state index >= 15 is 0 Å². The average molecular weight is 344 g/mol. The lowest BCUT2D eigenvalue weighted by molar-refractivity contribution is -0.139. The number of nitrogens with one attached hydrogen (secondary N) is 1. The number of rotatable bonds is 7.